The van der Waals surface area contributed by atoms with Gasteiger partial charge in [-0.2, -0.15) is 0 Å². The third-order valence-electron chi connectivity index (χ3n) is 4.12. The molecule has 1 aromatic heterocycles. The highest BCUT2D eigenvalue weighted by atomic mass is 32.1. The lowest BCUT2D eigenvalue weighted by molar-refractivity contribution is 0.102. The summed E-state index contributed by atoms with van der Waals surface area (Å²) in [6.07, 6.45) is 1.38. The fraction of sp³-hybridized carbons (Fsp3) is 0.471. The van der Waals surface area contributed by atoms with Crippen molar-refractivity contribution >= 4 is 22.2 Å². The fourth-order valence-corrected chi connectivity index (χ4v) is 3.95. The van der Waals surface area contributed by atoms with Gasteiger partial charge in [0.05, 0.1) is 16.7 Å². The van der Waals surface area contributed by atoms with E-state index in [1.54, 1.807) is 11.3 Å². The molecule has 4 heteroatoms. The zero-order chi connectivity index (χ0) is 15.2. The summed E-state index contributed by atoms with van der Waals surface area (Å²) < 4.78 is 0. The van der Waals surface area contributed by atoms with Crippen molar-refractivity contribution < 1.29 is 5.11 Å². The molecule has 2 aromatic rings. The predicted octanol–water partition coefficient (Wildman–Crippen LogP) is 4.23. The Labute approximate surface area is 130 Å². The number of aliphatic hydroxyl groups is 1. The average Bonchev–Trinajstić information content (AvgIpc) is 2.81. The highest BCUT2D eigenvalue weighted by Gasteiger charge is 2.34. The minimum absolute atomic E-state index is 0.125. The van der Waals surface area contributed by atoms with E-state index in [1.165, 1.54) is 5.56 Å². The normalized spacial score (nSPS) is 20.1. The molecule has 1 aromatic carbocycles. The number of fused-ring (bicyclic) bond motifs is 1. The van der Waals surface area contributed by atoms with E-state index in [9.17, 15) is 5.11 Å². The Kier molecular flexibility index (Phi) is 3.54. The number of thiazole rings is 1. The lowest BCUT2D eigenvalue weighted by Crippen LogP contribution is -2.24. The average molecular weight is 302 g/mol. The molecule has 1 aliphatic carbocycles. The molecule has 21 heavy (non-hydrogen) atoms. The van der Waals surface area contributed by atoms with Crippen molar-refractivity contribution in [3.8, 4) is 0 Å². The highest BCUT2D eigenvalue weighted by molar-refractivity contribution is 7.15. The van der Waals surface area contributed by atoms with E-state index in [4.69, 9.17) is 4.98 Å². The van der Waals surface area contributed by atoms with Crippen LogP contribution in [-0.4, -0.2) is 17.1 Å². The summed E-state index contributed by atoms with van der Waals surface area (Å²) in [5.41, 5.74) is 3.57. The molecule has 0 fully saturated rings. The summed E-state index contributed by atoms with van der Waals surface area (Å²) >= 11 is 1.62. The minimum atomic E-state index is -0.374. The maximum atomic E-state index is 10.4. The number of aliphatic hydroxyl groups excluding tert-OH is 1. The van der Waals surface area contributed by atoms with Gasteiger partial charge in [0.1, 0.15) is 0 Å². The van der Waals surface area contributed by atoms with Crippen LogP contribution in [0.1, 0.15) is 42.5 Å². The number of benzene rings is 1. The predicted molar refractivity (Wildman–Crippen MR) is 88.4 cm³/mol. The smallest absolute Gasteiger partial charge is 0.190 e. The van der Waals surface area contributed by atoms with Crippen LogP contribution in [0.3, 0.4) is 0 Å². The first kappa shape index (κ1) is 14.5. The maximum absolute atomic E-state index is 10.4. The number of anilines is 2. The molecule has 0 amide bonds. The summed E-state index contributed by atoms with van der Waals surface area (Å²) in [7, 11) is 2.03. The van der Waals surface area contributed by atoms with Crippen LogP contribution in [-0.2, 0) is 6.42 Å². The first-order valence-electron chi connectivity index (χ1n) is 7.34. The number of rotatable bonds is 2. The van der Waals surface area contributed by atoms with E-state index in [-0.39, 0.29) is 11.5 Å². The molecular weight excluding hydrogens is 280 g/mol. The van der Waals surface area contributed by atoms with Crippen LogP contribution in [0.2, 0.25) is 0 Å². The van der Waals surface area contributed by atoms with Gasteiger partial charge in [-0.1, -0.05) is 42.9 Å². The third-order valence-corrected chi connectivity index (χ3v) is 5.39. The van der Waals surface area contributed by atoms with Crippen molar-refractivity contribution in [2.75, 3.05) is 11.9 Å². The summed E-state index contributed by atoms with van der Waals surface area (Å²) in [6.45, 7) is 6.48. The Morgan fingerprint density at radius 3 is 2.62 bits per heavy atom. The number of nitrogens with zero attached hydrogens (tertiary/aromatic N) is 2. The van der Waals surface area contributed by atoms with Gasteiger partial charge < -0.3 is 10.0 Å². The molecule has 0 radical (unpaired) electrons. The van der Waals surface area contributed by atoms with Gasteiger partial charge in [0.15, 0.2) is 5.13 Å². The zero-order valence-corrected chi connectivity index (χ0v) is 13.9. The van der Waals surface area contributed by atoms with Gasteiger partial charge >= 0.3 is 0 Å². The second kappa shape index (κ2) is 5.11. The number of aryl methyl sites for hydroxylation is 1. The molecule has 1 aliphatic rings. The van der Waals surface area contributed by atoms with E-state index >= 15 is 0 Å². The molecule has 1 heterocycles. The Morgan fingerprint density at radius 2 is 1.95 bits per heavy atom. The van der Waals surface area contributed by atoms with Crippen LogP contribution in [0.4, 0.5) is 10.8 Å². The van der Waals surface area contributed by atoms with E-state index in [0.717, 1.165) is 34.2 Å². The Balaban J connectivity index is 1.92. The largest absolute Gasteiger partial charge is 0.387 e. The van der Waals surface area contributed by atoms with Crippen molar-refractivity contribution in [2.45, 2.75) is 39.7 Å². The molecule has 1 N–H and O–H groups in total. The highest BCUT2D eigenvalue weighted by Crippen LogP contribution is 2.45. The number of aromatic nitrogens is 1. The van der Waals surface area contributed by atoms with Gasteiger partial charge in [-0.25, -0.2) is 4.98 Å². The summed E-state index contributed by atoms with van der Waals surface area (Å²) in [4.78, 5) is 7.92. The van der Waals surface area contributed by atoms with Crippen LogP contribution in [0.15, 0.2) is 24.3 Å². The van der Waals surface area contributed by atoms with Gasteiger partial charge in [0.2, 0.25) is 0 Å². The molecule has 1 atom stereocenters. The first-order valence-corrected chi connectivity index (χ1v) is 8.15. The molecule has 3 rings (SSSR count). The van der Waals surface area contributed by atoms with Gasteiger partial charge in [0, 0.05) is 12.7 Å². The van der Waals surface area contributed by atoms with Gasteiger partial charge in [0.25, 0.3) is 0 Å². The molecule has 0 bridgehead atoms. The van der Waals surface area contributed by atoms with Crippen LogP contribution in [0.5, 0.6) is 0 Å². The Bertz CT molecular complexity index is 645. The van der Waals surface area contributed by atoms with Gasteiger partial charge in [-0.05, 0) is 37.3 Å². The molecule has 3 nitrogen and oxygen atoms in total. The van der Waals surface area contributed by atoms with Crippen molar-refractivity contribution in [1.82, 2.24) is 4.98 Å². The van der Waals surface area contributed by atoms with Crippen molar-refractivity contribution in [2.24, 2.45) is 5.41 Å². The monoisotopic (exact) mass is 302 g/mol. The van der Waals surface area contributed by atoms with E-state index in [2.05, 4.69) is 49.9 Å². The van der Waals surface area contributed by atoms with E-state index in [1.807, 2.05) is 7.05 Å². The molecule has 1 unspecified atom stereocenters. The lowest BCUT2D eigenvalue weighted by atomic mass is 9.77. The van der Waals surface area contributed by atoms with Crippen LogP contribution in [0.25, 0.3) is 0 Å². The molecule has 0 spiro atoms. The van der Waals surface area contributed by atoms with Gasteiger partial charge in [-0.3, -0.25) is 0 Å². The van der Waals surface area contributed by atoms with E-state index < -0.39 is 0 Å². The summed E-state index contributed by atoms with van der Waals surface area (Å²) in [5, 5.41) is 11.3. The van der Waals surface area contributed by atoms with Crippen molar-refractivity contribution in [1.29, 1.82) is 0 Å². The first-order chi connectivity index (χ1) is 9.85. The minimum Gasteiger partial charge on any atom is -0.387 e. The van der Waals surface area contributed by atoms with Crippen LogP contribution >= 0.6 is 11.3 Å². The number of hydrogen-bond donors (Lipinski definition) is 1. The molecular formula is C17H22N2OS. The van der Waals surface area contributed by atoms with Crippen molar-refractivity contribution in [3.05, 3.63) is 40.4 Å². The zero-order valence-electron chi connectivity index (χ0n) is 13.1. The Morgan fingerprint density at radius 1 is 1.29 bits per heavy atom. The number of hydrogen-bond acceptors (Lipinski definition) is 4. The maximum Gasteiger partial charge on any atom is 0.190 e. The van der Waals surface area contributed by atoms with Crippen molar-refractivity contribution in [3.63, 3.8) is 0 Å². The summed E-state index contributed by atoms with van der Waals surface area (Å²) in [6, 6.07) is 8.43. The van der Waals surface area contributed by atoms with E-state index in [0.29, 0.717) is 0 Å². The second-order valence-corrected chi connectivity index (χ2v) is 7.77. The topological polar surface area (TPSA) is 36.4 Å². The van der Waals surface area contributed by atoms with Gasteiger partial charge in [-0.15, -0.1) is 0 Å². The summed E-state index contributed by atoms with van der Waals surface area (Å²) in [5.74, 6) is 0. The third kappa shape index (κ3) is 2.83. The SMILES string of the molecule is Cc1ccc(N(C)c2nc3c(s2)C(O)CC(C)(C)C3)cc1. The Hall–Kier alpha value is -1.39. The van der Waals surface area contributed by atoms with Crippen LogP contribution < -0.4 is 4.90 Å². The quantitative estimate of drug-likeness (QED) is 0.902. The standard InChI is InChI=1S/C17H22N2OS/c1-11-5-7-12(8-6-11)19(4)16-18-13-9-17(2,3)10-14(20)15(13)21-16/h5-8,14,20H,9-10H2,1-4H3. The van der Waals surface area contributed by atoms with Crippen LogP contribution in [0, 0.1) is 12.3 Å². The molecule has 0 saturated heterocycles. The lowest BCUT2D eigenvalue weighted by Gasteiger charge is -2.31. The molecule has 112 valence electrons. The fourth-order valence-electron chi connectivity index (χ4n) is 2.90. The molecule has 0 aliphatic heterocycles. The second-order valence-electron chi connectivity index (χ2n) is 6.76. The molecule has 0 saturated carbocycles.